The third-order valence-corrected chi connectivity index (χ3v) is 7.62. The Morgan fingerprint density at radius 2 is 1.68 bits per heavy atom. The third kappa shape index (κ3) is 5.45. The minimum Gasteiger partial charge on any atom is -0.129 e. The van der Waals surface area contributed by atoms with Crippen LogP contribution >= 0.6 is 23.5 Å². The summed E-state index contributed by atoms with van der Waals surface area (Å²) in [5.74, 6) is 3.25. The molecule has 0 heterocycles. The highest BCUT2D eigenvalue weighted by Gasteiger charge is 2.34. The van der Waals surface area contributed by atoms with Crippen molar-refractivity contribution >= 4 is 23.5 Å². The highest BCUT2D eigenvalue weighted by molar-refractivity contribution is 7.99. The molecule has 1 saturated carbocycles. The predicted molar refractivity (Wildman–Crippen MR) is 117 cm³/mol. The van der Waals surface area contributed by atoms with Gasteiger partial charge in [0.25, 0.3) is 0 Å². The summed E-state index contributed by atoms with van der Waals surface area (Å²) in [6.07, 6.45) is 14.0. The second kappa shape index (κ2) is 10.3. The molecule has 0 unspecified atom stereocenters. The van der Waals surface area contributed by atoms with Crippen LogP contribution in [0.1, 0.15) is 83.3 Å². The van der Waals surface area contributed by atoms with E-state index in [9.17, 15) is 0 Å². The van der Waals surface area contributed by atoms with Gasteiger partial charge in [0.05, 0.1) is 0 Å². The second-order valence-corrected chi connectivity index (χ2v) is 10.00. The van der Waals surface area contributed by atoms with Crippen molar-refractivity contribution in [3.63, 3.8) is 0 Å². The molecule has 0 nitrogen and oxygen atoms in total. The van der Waals surface area contributed by atoms with Crippen LogP contribution in [-0.2, 0) is 6.42 Å². The molecule has 0 amide bonds. The van der Waals surface area contributed by atoms with Gasteiger partial charge in [-0.05, 0) is 85.1 Å². The van der Waals surface area contributed by atoms with Gasteiger partial charge in [-0.25, -0.2) is 0 Å². The Balaban J connectivity index is 2.39. The first-order valence-electron chi connectivity index (χ1n) is 10.3. The summed E-state index contributed by atoms with van der Waals surface area (Å²) in [7, 11) is 0. The number of rotatable bonds is 8. The van der Waals surface area contributed by atoms with Crippen molar-refractivity contribution in [2.75, 3.05) is 12.5 Å². The lowest BCUT2D eigenvalue weighted by molar-refractivity contribution is 0.193. The Morgan fingerprint density at radius 1 is 1.04 bits per heavy atom. The third-order valence-electron chi connectivity index (χ3n) is 6.07. The van der Waals surface area contributed by atoms with Crippen molar-refractivity contribution in [2.45, 2.75) is 88.3 Å². The van der Waals surface area contributed by atoms with Gasteiger partial charge in [-0.2, -0.15) is 0 Å². The molecule has 0 aromatic heterocycles. The molecule has 0 bridgehead atoms. The van der Waals surface area contributed by atoms with Crippen LogP contribution in [0.5, 0.6) is 0 Å². The quantitative estimate of drug-likeness (QED) is 0.331. The molecule has 1 aliphatic rings. The molecule has 0 N–H and O–H groups in total. The Labute approximate surface area is 165 Å². The van der Waals surface area contributed by atoms with Gasteiger partial charge in [-0.3, -0.25) is 0 Å². The Hall–Kier alpha value is -0.0800. The molecule has 2 rings (SSSR count). The lowest BCUT2D eigenvalue weighted by Crippen LogP contribution is -2.27. The SMILES string of the molecule is CCCCCc1cc(SC)c([C@@H]2C[C@@H](C)CC[C@H]2C(C)C)c(SC)c1. The topological polar surface area (TPSA) is 0 Å². The van der Waals surface area contributed by atoms with E-state index in [0.717, 1.165) is 23.7 Å². The van der Waals surface area contributed by atoms with Gasteiger partial charge < -0.3 is 0 Å². The number of aryl methyl sites for hydroxylation is 1. The van der Waals surface area contributed by atoms with Gasteiger partial charge in [0.1, 0.15) is 0 Å². The summed E-state index contributed by atoms with van der Waals surface area (Å²) in [4.78, 5) is 3.12. The van der Waals surface area contributed by atoms with E-state index in [-0.39, 0.29) is 0 Å². The van der Waals surface area contributed by atoms with Crippen LogP contribution in [0.15, 0.2) is 21.9 Å². The van der Waals surface area contributed by atoms with Crippen molar-refractivity contribution in [2.24, 2.45) is 17.8 Å². The lowest BCUT2D eigenvalue weighted by Gasteiger charge is -2.39. The van der Waals surface area contributed by atoms with Crippen molar-refractivity contribution < 1.29 is 0 Å². The summed E-state index contributed by atoms with van der Waals surface area (Å²) < 4.78 is 0. The van der Waals surface area contributed by atoms with Gasteiger partial charge in [-0.1, -0.05) is 47.0 Å². The average Bonchev–Trinajstić information content (AvgIpc) is 2.60. The molecule has 0 spiro atoms. The minimum atomic E-state index is 0.748. The van der Waals surface area contributed by atoms with E-state index in [1.54, 1.807) is 20.9 Å². The van der Waals surface area contributed by atoms with E-state index >= 15 is 0 Å². The summed E-state index contributed by atoms with van der Waals surface area (Å²) in [6, 6.07) is 5.04. The van der Waals surface area contributed by atoms with Gasteiger partial charge in [0, 0.05) is 9.79 Å². The minimum absolute atomic E-state index is 0.748. The number of hydrogen-bond acceptors (Lipinski definition) is 2. The number of thioether (sulfide) groups is 2. The smallest absolute Gasteiger partial charge is 0.0118 e. The van der Waals surface area contributed by atoms with E-state index < -0.39 is 0 Å². The van der Waals surface area contributed by atoms with Gasteiger partial charge in [0.15, 0.2) is 0 Å². The largest absolute Gasteiger partial charge is 0.129 e. The van der Waals surface area contributed by atoms with Crippen molar-refractivity contribution in [1.82, 2.24) is 0 Å². The Kier molecular flexibility index (Phi) is 8.75. The van der Waals surface area contributed by atoms with Gasteiger partial charge in [-0.15, -0.1) is 23.5 Å². The van der Waals surface area contributed by atoms with E-state index in [2.05, 4.69) is 52.3 Å². The maximum atomic E-state index is 2.52. The fourth-order valence-electron chi connectivity index (χ4n) is 4.62. The molecule has 1 aliphatic carbocycles. The molecule has 1 aromatic carbocycles. The molecule has 25 heavy (non-hydrogen) atoms. The molecule has 1 aromatic rings. The number of unbranched alkanes of at least 4 members (excludes halogenated alkanes) is 2. The monoisotopic (exact) mass is 378 g/mol. The zero-order valence-electron chi connectivity index (χ0n) is 17.2. The van der Waals surface area contributed by atoms with Crippen molar-refractivity contribution in [3.05, 3.63) is 23.3 Å². The van der Waals surface area contributed by atoms with Crippen molar-refractivity contribution in [1.29, 1.82) is 0 Å². The lowest BCUT2D eigenvalue weighted by atomic mass is 9.67. The van der Waals surface area contributed by atoms with Crippen LogP contribution in [0.25, 0.3) is 0 Å². The van der Waals surface area contributed by atoms with Crippen LogP contribution in [0.3, 0.4) is 0 Å². The maximum absolute atomic E-state index is 2.52. The molecule has 0 radical (unpaired) electrons. The normalized spacial score (nSPS) is 24.0. The number of hydrogen-bond donors (Lipinski definition) is 0. The van der Waals surface area contributed by atoms with E-state index in [0.29, 0.717) is 0 Å². The fraction of sp³-hybridized carbons (Fsp3) is 0.739. The van der Waals surface area contributed by atoms with Crippen LogP contribution in [0, 0.1) is 17.8 Å². The Bertz CT molecular complexity index is 510. The second-order valence-electron chi connectivity index (χ2n) is 8.30. The van der Waals surface area contributed by atoms with Crippen LogP contribution in [0.2, 0.25) is 0 Å². The molecular formula is C23H38S2. The molecular weight excluding hydrogens is 340 g/mol. The van der Waals surface area contributed by atoms with Gasteiger partial charge in [0.2, 0.25) is 0 Å². The first kappa shape index (κ1) is 21.2. The zero-order chi connectivity index (χ0) is 18.4. The summed E-state index contributed by atoms with van der Waals surface area (Å²) >= 11 is 3.95. The standard InChI is InChI=1S/C23H38S2/c1-7-8-9-10-18-14-21(24-5)23(22(15-18)25-6)20-13-17(4)11-12-19(20)16(2)3/h14-17,19-20H,7-13H2,1-6H3/t17-,19-,20+/m0/s1. The van der Waals surface area contributed by atoms with E-state index in [4.69, 9.17) is 0 Å². The highest BCUT2D eigenvalue weighted by atomic mass is 32.2. The fourth-order valence-corrected chi connectivity index (χ4v) is 6.18. The summed E-state index contributed by atoms with van der Waals surface area (Å²) in [5, 5.41) is 0. The molecule has 1 fully saturated rings. The predicted octanol–water partition coefficient (Wildman–Crippen LogP) is 8.04. The number of benzene rings is 1. The molecule has 2 heteroatoms. The summed E-state index contributed by atoms with van der Waals surface area (Å²) in [6.45, 7) is 9.62. The van der Waals surface area contributed by atoms with Crippen molar-refractivity contribution in [3.8, 4) is 0 Å². The Morgan fingerprint density at radius 3 is 2.20 bits per heavy atom. The average molecular weight is 379 g/mol. The van der Waals surface area contributed by atoms with Gasteiger partial charge >= 0.3 is 0 Å². The molecule has 0 saturated heterocycles. The molecule has 142 valence electrons. The van der Waals surface area contributed by atoms with Crippen LogP contribution in [0.4, 0.5) is 0 Å². The zero-order valence-corrected chi connectivity index (χ0v) is 18.9. The first-order valence-corrected chi connectivity index (χ1v) is 12.7. The molecule has 0 aliphatic heterocycles. The highest BCUT2D eigenvalue weighted by Crippen LogP contribution is 2.49. The van der Waals surface area contributed by atoms with Crippen LogP contribution in [-0.4, -0.2) is 12.5 Å². The van der Waals surface area contributed by atoms with E-state index in [1.165, 1.54) is 44.9 Å². The van der Waals surface area contributed by atoms with E-state index in [1.807, 2.05) is 23.5 Å². The van der Waals surface area contributed by atoms with Crippen LogP contribution < -0.4 is 0 Å². The molecule has 3 atom stereocenters. The summed E-state index contributed by atoms with van der Waals surface area (Å²) in [5.41, 5.74) is 3.24. The first-order chi connectivity index (χ1) is 12.0. The maximum Gasteiger partial charge on any atom is 0.0118 e.